The summed E-state index contributed by atoms with van der Waals surface area (Å²) in [6, 6.07) is -0.878. The molecule has 0 aliphatic rings. The molecule has 0 spiro atoms. The number of rotatable bonds is 43. The summed E-state index contributed by atoms with van der Waals surface area (Å²) in [4.78, 5) is 25.2. The van der Waals surface area contributed by atoms with E-state index in [0.717, 1.165) is 38.5 Å². The SMILES string of the molecule is CCCCCCCCCCCCCCCCCCCCCCCCC/C=C/C(O)C(COP(=O)([O-])OCC[N+](C)(C)C)NC(=O)CCCCCCCCCC. The van der Waals surface area contributed by atoms with Crippen LogP contribution in [-0.2, 0) is 18.4 Å². The summed E-state index contributed by atoms with van der Waals surface area (Å²) in [6.07, 6.45) is 44.3. The molecule has 8 nitrogen and oxygen atoms in total. The molecule has 0 aliphatic carbocycles. The summed E-state index contributed by atoms with van der Waals surface area (Å²) >= 11 is 0. The van der Waals surface area contributed by atoms with Crippen LogP contribution in [0.25, 0.3) is 0 Å². The molecule has 55 heavy (non-hydrogen) atoms. The smallest absolute Gasteiger partial charge is 0.268 e. The first-order chi connectivity index (χ1) is 26.5. The molecule has 3 unspecified atom stereocenters. The third kappa shape index (κ3) is 41.2. The maximum Gasteiger partial charge on any atom is 0.268 e. The van der Waals surface area contributed by atoms with Crippen LogP contribution in [0.15, 0.2) is 12.2 Å². The fourth-order valence-corrected chi connectivity index (χ4v) is 7.70. The number of quaternary nitrogens is 1. The molecule has 0 rings (SSSR count). The topological polar surface area (TPSA) is 108 Å². The summed E-state index contributed by atoms with van der Waals surface area (Å²) in [5.41, 5.74) is 0. The van der Waals surface area contributed by atoms with Crippen molar-refractivity contribution in [2.24, 2.45) is 0 Å². The van der Waals surface area contributed by atoms with Gasteiger partial charge in [0, 0.05) is 6.42 Å². The molecular weight excluding hydrogens is 707 g/mol. The second kappa shape index (κ2) is 38.7. The fraction of sp³-hybridized carbons (Fsp3) is 0.935. The molecule has 0 aromatic rings. The second-order valence-corrected chi connectivity index (χ2v) is 18.9. The number of carbonyl (C=O) groups is 1. The number of phosphoric acid groups is 1. The maximum absolute atomic E-state index is 12.7. The van der Waals surface area contributed by atoms with Crippen LogP contribution < -0.4 is 10.2 Å². The lowest BCUT2D eigenvalue weighted by Crippen LogP contribution is -2.45. The standard InChI is InChI=1S/C46H93N2O6P/c1-6-8-10-12-14-16-17-18-19-20-21-22-23-24-25-26-27-28-29-30-31-32-33-35-37-39-45(49)44(43-54-55(51,52)53-42-41-48(3,4)5)47-46(50)40-38-36-34-15-13-11-9-7-2/h37,39,44-45,49H,6-36,38,40-43H2,1-5H3,(H-,47,50,51,52)/b39-37+. The Hall–Kier alpha value is -0.760. The van der Waals surface area contributed by atoms with E-state index in [-0.39, 0.29) is 19.1 Å². The van der Waals surface area contributed by atoms with E-state index in [4.69, 9.17) is 9.05 Å². The monoisotopic (exact) mass is 801 g/mol. The number of carbonyl (C=O) groups excluding carboxylic acids is 1. The van der Waals surface area contributed by atoms with Crippen molar-refractivity contribution in [3.8, 4) is 0 Å². The van der Waals surface area contributed by atoms with Gasteiger partial charge in [-0.1, -0.05) is 212 Å². The third-order valence-corrected chi connectivity index (χ3v) is 11.7. The van der Waals surface area contributed by atoms with Gasteiger partial charge in [-0.05, 0) is 19.3 Å². The van der Waals surface area contributed by atoms with Gasteiger partial charge in [0.1, 0.15) is 13.2 Å². The van der Waals surface area contributed by atoms with Gasteiger partial charge in [-0.25, -0.2) is 0 Å². The minimum Gasteiger partial charge on any atom is -0.756 e. The number of aliphatic hydroxyl groups is 1. The molecule has 0 fully saturated rings. The predicted octanol–water partition coefficient (Wildman–Crippen LogP) is 12.5. The molecule has 0 aromatic carbocycles. The zero-order chi connectivity index (χ0) is 40.7. The lowest BCUT2D eigenvalue weighted by Gasteiger charge is -2.29. The quantitative estimate of drug-likeness (QED) is 0.0275. The highest BCUT2D eigenvalue weighted by atomic mass is 31.2. The Bertz CT molecular complexity index is 911. The molecule has 0 saturated heterocycles. The molecular formula is C46H93N2O6P. The molecule has 0 heterocycles. The van der Waals surface area contributed by atoms with Gasteiger partial charge in [-0.3, -0.25) is 9.36 Å². The van der Waals surface area contributed by atoms with Crippen LogP contribution in [-0.4, -0.2) is 68.5 Å². The summed E-state index contributed by atoms with van der Waals surface area (Å²) in [6.45, 7) is 4.63. The van der Waals surface area contributed by atoms with Crippen LogP contribution in [0.5, 0.6) is 0 Å². The largest absolute Gasteiger partial charge is 0.756 e. The first-order valence-corrected chi connectivity index (χ1v) is 25.0. The third-order valence-electron chi connectivity index (χ3n) is 10.7. The number of amides is 1. The van der Waals surface area contributed by atoms with Gasteiger partial charge in [0.05, 0.1) is 39.9 Å². The van der Waals surface area contributed by atoms with Gasteiger partial charge in [0.15, 0.2) is 0 Å². The molecule has 0 radical (unpaired) electrons. The summed E-state index contributed by atoms with van der Waals surface area (Å²) in [5.74, 6) is -0.200. The van der Waals surface area contributed by atoms with E-state index < -0.39 is 20.0 Å². The molecule has 2 N–H and O–H groups in total. The number of hydrogen-bond donors (Lipinski definition) is 2. The minimum absolute atomic E-state index is 0.00175. The average molecular weight is 801 g/mol. The van der Waals surface area contributed by atoms with Crippen molar-refractivity contribution >= 4 is 13.7 Å². The number of phosphoric ester groups is 1. The first kappa shape index (κ1) is 54.2. The highest BCUT2D eigenvalue weighted by molar-refractivity contribution is 7.45. The Balaban J connectivity index is 4.14. The second-order valence-electron chi connectivity index (χ2n) is 17.5. The lowest BCUT2D eigenvalue weighted by atomic mass is 10.0. The zero-order valence-corrected chi connectivity index (χ0v) is 38.0. The van der Waals surface area contributed by atoms with Crippen molar-refractivity contribution in [1.29, 1.82) is 0 Å². The number of hydrogen-bond acceptors (Lipinski definition) is 6. The van der Waals surface area contributed by atoms with Crippen LogP contribution in [0.4, 0.5) is 0 Å². The van der Waals surface area contributed by atoms with E-state index in [1.807, 2.05) is 27.2 Å². The van der Waals surface area contributed by atoms with Crippen LogP contribution >= 0.6 is 7.82 Å². The highest BCUT2D eigenvalue weighted by Crippen LogP contribution is 2.38. The van der Waals surface area contributed by atoms with E-state index in [0.29, 0.717) is 17.4 Å². The van der Waals surface area contributed by atoms with Gasteiger partial charge in [-0.15, -0.1) is 0 Å². The number of nitrogens with zero attached hydrogens (tertiary/aromatic N) is 1. The van der Waals surface area contributed by atoms with Gasteiger partial charge >= 0.3 is 0 Å². The van der Waals surface area contributed by atoms with Gasteiger partial charge in [0.2, 0.25) is 5.91 Å². The van der Waals surface area contributed by atoms with Crippen molar-refractivity contribution in [3.05, 3.63) is 12.2 Å². The van der Waals surface area contributed by atoms with Crippen molar-refractivity contribution in [2.75, 3.05) is 40.9 Å². The van der Waals surface area contributed by atoms with E-state index in [1.54, 1.807) is 6.08 Å². The van der Waals surface area contributed by atoms with Crippen molar-refractivity contribution < 1.29 is 32.9 Å². The molecule has 0 saturated carbocycles. The Labute approximate surface area is 342 Å². The number of likely N-dealkylation sites (N-methyl/N-ethyl adjacent to an activating group) is 1. The van der Waals surface area contributed by atoms with E-state index in [1.165, 1.54) is 167 Å². The van der Waals surface area contributed by atoms with Crippen LogP contribution in [0.1, 0.15) is 226 Å². The summed E-state index contributed by atoms with van der Waals surface area (Å²) in [5, 5.41) is 13.7. The highest BCUT2D eigenvalue weighted by Gasteiger charge is 2.23. The van der Waals surface area contributed by atoms with Crippen molar-refractivity contribution in [2.45, 2.75) is 238 Å². The molecule has 9 heteroatoms. The summed E-state index contributed by atoms with van der Waals surface area (Å²) < 4.78 is 23.1. The normalized spacial score (nSPS) is 14.4. The molecule has 328 valence electrons. The zero-order valence-electron chi connectivity index (χ0n) is 37.1. The van der Waals surface area contributed by atoms with E-state index >= 15 is 0 Å². The number of allylic oxidation sites excluding steroid dienone is 1. The molecule has 0 bridgehead atoms. The van der Waals surface area contributed by atoms with Gasteiger partial charge in [0.25, 0.3) is 7.82 Å². The fourth-order valence-electron chi connectivity index (χ4n) is 6.98. The van der Waals surface area contributed by atoms with Crippen molar-refractivity contribution in [3.63, 3.8) is 0 Å². The number of aliphatic hydroxyl groups excluding tert-OH is 1. The Morgan fingerprint density at radius 1 is 0.618 bits per heavy atom. The lowest BCUT2D eigenvalue weighted by molar-refractivity contribution is -0.870. The molecule has 1 amide bonds. The van der Waals surface area contributed by atoms with Gasteiger partial charge in [-0.2, -0.15) is 0 Å². The predicted molar refractivity (Wildman–Crippen MR) is 233 cm³/mol. The maximum atomic E-state index is 12.7. The Morgan fingerprint density at radius 2 is 0.982 bits per heavy atom. The number of unbranched alkanes of at least 4 members (excludes halogenated alkanes) is 30. The Kier molecular flexibility index (Phi) is 38.2. The van der Waals surface area contributed by atoms with Crippen LogP contribution in [0.3, 0.4) is 0 Å². The Morgan fingerprint density at radius 3 is 1.36 bits per heavy atom. The molecule has 0 aliphatic heterocycles. The minimum atomic E-state index is -4.58. The molecule has 0 aromatic heterocycles. The van der Waals surface area contributed by atoms with E-state index in [9.17, 15) is 19.4 Å². The van der Waals surface area contributed by atoms with Crippen LogP contribution in [0, 0.1) is 0 Å². The average Bonchev–Trinajstić information content (AvgIpc) is 3.13. The van der Waals surface area contributed by atoms with Crippen molar-refractivity contribution in [1.82, 2.24) is 5.32 Å². The van der Waals surface area contributed by atoms with Gasteiger partial charge < -0.3 is 28.8 Å². The first-order valence-electron chi connectivity index (χ1n) is 23.6. The van der Waals surface area contributed by atoms with E-state index in [2.05, 4.69) is 19.2 Å². The molecule has 3 atom stereocenters. The number of nitrogens with one attached hydrogen (secondary N) is 1. The van der Waals surface area contributed by atoms with Crippen LogP contribution in [0.2, 0.25) is 0 Å². The summed E-state index contributed by atoms with van der Waals surface area (Å²) in [7, 11) is 1.27.